The molecule has 0 saturated heterocycles. The molecule has 0 fully saturated rings. The van der Waals surface area contributed by atoms with E-state index in [4.69, 9.17) is 4.74 Å². The SMILES string of the molecule is COc1ccc2c(=O)n(CC(=O)NC(C)c3ccccc3)ccc2c1. The van der Waals surface area contributed by atoms with Gasteiger partial charge in [-0.05, 0) is 42.1 Å². The number of carbonyl (C=O) groups is 1. The van der Waals surface area contributed by atoms with Gasteiger partial charge in [0, 0.05) is 11.6 Å². The highest BCUT2D eigenvalue weighted by Gasteiger charge is 2.11. The van der Waals surface area contributed by atoms with E-state index in [0.717, 1.165) is 10.9 Å². The Kier molecular flexibility index (Phi) is 4.84. The second-order valence-corrected chi connectivity index (χ2v) is 5.90. The third-order valence-corrected chi connectivity index (χ3v) is 4.18. The summed E-state index contributed by atoms with van der Waals surface area (Å²) in [6.45, 7) is 1.90. The first kappa shape index (κ1) is 16.8. The molecule has 128 valence electrons. The molecule has 25 heavy (non-hydrogen) atoms. The Balaban J connectivity index is 1.77. The highest BCUT2D eigenvalue weighted by Crippen LogP contribution is 2.17. The van der Waals surface area contributed by atoms with Gasteiger partial charge in [0.1, 0.15) is 12.3 Å². The molecule has 1 unspecified atom stereocenters. The number of nitrogens with zero attached hydrogens (tertiary/aromatic N) is 1. The number of hydrogen-bond acceptors (Lipinski definition) is 3. The summed E-state index contributed by atoms with van der Waals surface area (Å²) in [5, 5.41) is 4.27. The molecule has 1 atom stereocenters. The number of hydrogen-bond donors (Lipinski definition) is 1. The molecule has 1 amide bonds. The fourth-order valence-corrected chi connectivity index (χ4v) is 2.78. The smallest absolute Gasteiger partial charge is 0.258 e. The number of amides is 1. The number of carbonyl (C=O) groups excluding carboxylic acids is 1. The molecule has 1 N–H and O–H groups in total. The van der Waals surface area contributed by atoms with Gasteiger partial charge < -0.3 is 14.6 Å². The van der Waals surface area contributed by atoms with Crippen molar-refractivity contribution in [1.29, 1.82) is 0 Å². The van der Waals surface area contributed by atoms with Crippen LogP contribution in [0.15, 0.2) is 65.6 Å². The van der Waals surface area contributed by atoms with Crippen molar-refractivity contribution in [3.63, 3.8) is 0 Å². The van der Waals surface area contributed by atoms with Gasteiger partial charge in [-0.15, -0.1) is 0 Å². The molecule has 2 aromatic carbocycles. The number of nitrogens with one attached hydrogen (secondary N) is 1. The van der Waals surface area contributed by atoms with Gasteiger partial charge in [-0.25, -0.2) is 0 Å². The minimum absolute atomic E-state index is 0.0159. The average Bonchev–Trinajstić information content (AvgIpc) is 2.64. The highest BCUT2D eigenvalue weighted by atomic mass is 16.5. The number of rotatable bonds is 5. The van der Waals surface area contributed by atoms with E-state index in [1.165, 1.54) is 4.57 Å². The maximum atomic E-state index is 12.6. The molecule has 0 radical (unpaired) electrons. The lowest BCUT2D eigenvalue weighted by Gasteiger charge is -2.15. The van der Waals surface area contributed by atoms with Crippen molar-refractivity contribution in [3.05, 3.63) is 76.7 Å². The van der Waals surface area contributed by atoms with E-state index in [1.54, 1.807) is 31.5 Å². The molecule has 1 heterocycles. The molecular weight excluding hydrogens is 316 g/mol. The predicted molar refractivity (Wildman–Crippen MR) is 97.8 cm³/mol. The van der Waals surface area contributed by atoms with Crippen molar-refractivity contribution in [3.8, 4) is 5.75 Å². The third-order valence-electron chi connectivity index (χ3n) is 4.18. The summed E-state index contributed by atoms with van der Waals surface area (Å²) < 4.78 is 6.59. The van der Waals surface area contributed by atoms with Crippen LogP contribution in [0.25, 0.3) is 10.8 Å². The van der Waals surface area contributed by atoms with Gasteiger partial charge in [0.05, 0.1) is 13.2 Å². The Labute approximate surface area is 145 Å². The van der Waals surface area contributed by atoms with E-state index in [1.807, 2.05) is 43.3 Å². The second-order valence-electron chi connectivity index (χ2n) is 5.90. The average molecular weight is 336 g/mol. The minimum atomic E-state index is -0.202. The summed E-state index contributed by atoms with van der Waals surface area (Å²) in [5.74, 6) is 0.491. The van der Waals surface area contributed by atoms with E-state index >= 15 is 0 Å². The van der Waals surface area contributed by atoms with Crippen LogP contribution < -0.4 is 15.6 Å². The summed E-state index contributed by atoms with van der Waals surface area (Å²) in [5.41, 5.74) is 0.830. The van der Waals surface area contributed by atoms with Crippen molar-refractivity contribution in [2.24, 2.45) is 0 Å². The van der Waals surface area contributed by atoms with E-state index in [2.05, 4.69) is 5.32 Å². The molecule has 0 aliphatic heterocycles. The summed E-state index contributed by atoms with van der Waals surface area (Å²) in [4.78, 5) is 24.9. The summed E-state index contributed by atoms with van der Waals surface area (Å²) in [6.07, 6.45) is 1.64. The van der Waals surface area contributed by atoms with Crippen molar-refractivity contribution < 1.29 is 9.53 Å². The van der Waals surface area contributed by atoms with Gasteiger partial charge in [0.25, 0.3) is 5.56 Å². The predicted octanol–water partition coefficient (Wildman–Crippen LogP) is 2.89. The van der Waals surface area contributed by atoms with Crippen LogP contribution in [0.2, 0.25) is 0 Å². The monoisotopic (exact) mass is 336 g/mol. The number of methoxy groups -OCH3 is 1. The van der Waals surface area contributed by atoms with Gasteiger partial charge in [-0.3, -0.25) is 9.59 Å². The first-order valence-corrected chi connectivity index (χ1v) is 8.10. The zero-order chi connectivity index (χ0) is 17.8. The van der Waals surface area contributed by atoms with E-state index in [9.17, 15) is 9.59 Å². The van der Waals surface area contributed by atoms with Gasteiger partial charge in [-0.2, -0.15) is 0 Å². The molecule has 0 aliphatic carbocycles. The fraction of sp³-hybridized carbons (Fsp3) is 0.200. The molecule has 0 bridgehead atoms. The van der Waals surface area contributed by atoms with Gasteiger partial charge in [0.15, 0.2) is 0 Å². The van der Waals surface area contributed by atoms with Gasteiger partial charge in [-0.1, -0.05) is 30.3 Å². The Morgan fingerprint density at radius 1 is 1.16 bits per heavy atom. The fourth-order valence-electron chi connectivity index (χ4n) is 2.78. The van der Waals surface area contributed by atoms with Crippen molar-refractivity contribution in [2.75, 3.05) is 7.11 Å². The van der Waals surface area contributed by atoms with E-state index in [-0.39, 0.29) is 24.1 Å². The summed E-state index contributed by atoms with van der Waals surface area (Å²) in [7, 11) is 1.58. The summed E-state index contributed by atoms with van der Waals surface area (Å²) in [6, 6.07) is 16.7. The van der Waals surface area contributed by atoms with Crippen molar-refractivity contribution in [2.45, 2.75) is 19.5 Å². The minimum Gasteiger partial charge on any atom is -0.497 e. The highest BCUT2D eigenvalue weighted by molar-refractivity contribution is 5.83. The molecule has 5 heteroatoms. The maximum absolute atomic E-state index is 12.6. The topological polar surface area (TPSA) is 60.3 Å². The van der Waals surface area contributed by atoms with Gasteiger partial charge in [0.2, 0.25) is 5.91 Å². The number of aromatic nitrogens is 1. The first-order chi connectivity index (χ1) is 12.1. The lowest BCUT2D eigenvalue weighted by Crippen LogP contribution is -2.33. The molecule has 0 saturated carbocycles. The van der Waals surface area contributed by atoms with Crippen LogP contribution >= 0.6 is 0 Å². The molecule has 0 aliphatic rings. The number of fused-ring (bicyclic) bond motifs is 1. The van der Waals surface area contributed by atoms with Crippen LogP contribution in [0.5, 0.6) is 5.75 Å². The molecule has 0 spiro atoms. The Hall–Kier alpha value is -3.08. The van der Waals surface area contributed by atoms with E-state index in [0.29, 0.717) is 11.1 Å². The van der Waals surface area contributed by atoms with Crippen LogP contribution in [0, 0.1) is 0 Å². The number of ether oxygens (including phenoxy) is 1. The lowest BCUT2D eigenvalue weighted by atomic mass is 10.1. The summed E-state index contributed by atoms with van der Waals surface area (Å²) >= 11 is 0. The van der Waals surface area contributed by atoms with Crippen molar-refractivity contribution in [1.82, 2.24) is 9.88 Å². The van der Waals surface area contributed by atoms with Crippen LogP contribution in [-0.2, 0) is 11.3 Å². The first-order valence-electron chi connectivity index (χ1n) is 8.10. The normalized spacial score (nSPS) is 11.9. The standard InChI is InChI=1S/C20H20N2O3/c1-14(15-6-4-3-5-7-15)21-19(23)13-22-11-10-16-12-17(25-2)8-9-18(16)20(22)24/h3-12,14H,13H2,1-2H3,(H,21,23). The zero-order valence-electron chi connectivity index (χ0n) is 14.2. The van der Waals surface area contributed by atoms with Crippen LogP contribution in [0.4, 0.5) is 0 Å². The quantitative estimate of drug-likeness (QED) is 0.779. The van der Waals surface area contributed by atoms with Crippen LogP contribution in [0.3, 0.4) is 0 Å². The second kappa shape index (κ2) is 7.21. The molecule has 1 aromatic heterocycles. The Morgan fingerprint density at radius 3 is 2.64 bits per heavy atom. The number of pyridine rings is 1. The molecular formula is C20H20N2O3. The van der Waals surface area contributed by atoms with Gasteiger partial charge >= 0.3 is 0 Å². The van der Waals surface area contributed by atoms with Crippen molar-refractivity contribution >= 4 is 16.7 Å². The lowest BCUT2D eigenvalue weighted by molar-refractivity contribution is -0.122. The molecule has 3 rings (SSSR count). The molecule has 5 nitrogen and oxygen atoms in total. The third kappa shape index (κ3) is 3.71. The zero-order valence-corrected chi connectivity index (χ0v) is 14.2. The largest absolute Gasteiger partial charge is 0.497 e. The van der Waals surface area contributed by atoms with Crippen LogP contribution in [-0.4, -0.2) is 17.6 Å². The Morgan fingerprint density at radius 2 is 1.92 bits per heavy atom. The molecule has 3 aromatic rings. The van der Waals surface area contributed by atoms with E-state index < -0.39 is 0 Å². The maximum Gasteiger partial charge on any atom is 0.258 e. The number of benzene rings is 2. The Bertz CT molecular complexity index is 948. The van der Waals surface area contributed by atoms with Crippen LogP contribution in [0.1, 0.15) is 18.5 Å².